The largest absolute Gasteiger partial charge is 0.366 e. The van der Waals surface area contributed by atoms with Crippen molar-refractivity contribution in [3.8, 4) is 0 Å². The smallest absolute Gasteiger partial charge is 0.0433 e. The summed E-state index contributed by atoms with van der Waals surface area (Å²) < 4.78 is 0. The predicted octanol–water partition coefficient (Wildman–Crippen LogP) is 3.40. The first-order valence-corrected chi connectivity index (χ1v) is 7.12. The van der Waals surface area contributed by atoms with Crippen LogP contribution in [0.1, 0.15) is 27.2 Å². The standard InChI is InChI=1S/C15H21ClN2/c1-15(2,3)18-10-13-8-14(18)9-17(13)12-6-4-11(16)5-7-12/h4-7,13-14H,8-10H2,1-3H3. The van der Waals surface area contributed by atoms with Crippen LogP contribution in [0.25, 0.3) is 0 Å². The molecule has 3 rings (SSSR count). The van der Waals surface area contributed by atoms with Gasteiger partial charge in [-0.3, -0.25) is 4.90 Å². The fraction of sp³-hybridized carbons (Fsp3) is 0.600. The van der Waals surface area contributed by atoms with E-state index in [1.807, 2.05) is 12.1 Å². The SMILES string of the molecule is CC(C)(C)N1CC2CC1CN2c1ccc(Cl)cc1. The van der Waals surface area contributed by atoms with Crippen LogP contribution in [-0.2, 0) is 0 Å². The zero-order valence-corrected chi connectivity index (χ0v) is 12.1. The number of hydrogen-bond donors (Lipinski definition) is 0. The van der Waals surface area contributed by atoms with Crippen molar-refractivity contribution in [2.24, 2.45) is 0 Å². The Morgan fingerprint density at radius 3 is 2.22 bits per heavy atom. The van der Waals surface area contributed by atoms with E-state index in [4.69, 9.17) is 11.6 Å². The van der Waals surface area contributed by atoms with E-state index < -0.39 is 0 Å². The molecule has 1 aromatic rings. The predicted molar refractivity (Wildman–Crippen MR) is 77.5 cm³/mol. The molecule has 2 heterocycles. The quantitative estimate of drug-likeness (QED) is 0.767. The molecule has 3 heteroatoms. The van der Waals surface area contributed by atoms with E-state index >= 15 is 0 Å². The van der Waals surface area contributed by atoms with E-state index in [0.29, 0.717) is 17.6 Å². The molecule has 2 unspecified atom stereocenters. The van der Waals surface area contributed by atoms with Crippen LogP contribution in [0.15, 0.2) is 24.3 Å². The molecule has 2 bridgehead atoms. The van der Waals surface area contributed by atoms with Crippen molar-refractivity contribution in [1.29, 1.82) is 0 Å². The number of piperazine rings is 1. The number of halogens is 1. The lowest BCUT2D eigenvalue weighted by molar-refractivity contribution is 0.113. The first kappa shape index (κ1) is 12.3. The Morgan fingerprint density at radius 1 is 1.06 bits per heavy atom. The van der Waals surface area contributed by atoms with Crippen molar-refractivity contribution in [1.82, 2.24) is 4.90 Å². The number of benzene rings is 1. The normalized spacial score (nSPS) is 28.1. The molecule has 2 fully saturated rings. The van der Waals surface area contributed by atoms with Crippen LogP contribution in [0.5, 0.6) is 0 Å². The number of likely N-dealkylation sites (tertiary alicyclic amines) is 1. The average molecular weight is 265 g/mol. The van der Waals surface area contributed by atoms with Crippen molar-refractivity contribution in [2.45, 2.75) is 44.8 Å². The van der Waals surface area contributed by atoms with E-state index in [-0.39, 0.29) is 0 Å². The van der Waals surface area contributed by atoms with Crippen LogP contribution < -0.4 is 4.90 Å². The highest BCUT2D eigenvalue weighted by Crippen LogP contribution is 2.38. The summed E-state index contributed by atoms with van der Waals surface area (Å²) in [7, 11) is 0. The first-order chi connectivity index (χ1) is 8.45. The van der Waals surface area contributed by atoms with E-state index in [9.17, 15) is 0 Å². The molecule has 0 aliphatic carbocycles. The lowest BCUT2D eigenvalue weighted by Gasteiger charge is -2.42. The van der Waals surface area contributed by atoms with Crippen molar-refractivity contribution in [3.63, 3.8) is 0 Å². The van der Waals surface area contributed by atoms with E-state index in [1.54, 1.807) is 0 Å². The number of hydrogen-bond acceptors (Lipinski definition) is 2. The second kappa shape index (κ2) is 4.14. The zero-order chi connectivity index (χ0) is 12.9. The number of fused-ring (bicyclic) bond motifs is 2. The lowest BCUT2D eigenvalue weighted by Crippen LogP contribution is -2.53. The second-order valence-corrected chi connectivity index (χ2v) is 6.93. The van der Waals surface area contributed by atoms with Gasteiger partial charge in [0, 0.05) is 41.4 Å². The Labute approximate surface area is 115 Å². The van der Waals surface area contributed by atoms with Gasteiger partial charge in [0.25, 0.3) is 0 Å². The minimum Gasteiger partial charge on any atom is -0.366 e. The maximum Gasteiger partial charge on any atom is 0.0433 e. The molecule has 0 amide bonds. The molecule has 1 aromatic carbocycles. The molecule has 2 aliphatic rings. The third kappa shape index (κ3) is 2.02. The summed E-state index contributed by atoms with van der Waals surface area (Å²) in [4.78, 5) is 5.20. The van der Waals surface area contributed by atoms with Gasteiger partial charge in [-0.2, -0.15) is 0 Å². The Kier molecular flexibility index (Phi) is 2.83. The monoisotopic (exact) mass is 264 g/mol. The molecule has 18 heavy (non-hydrogen) atoms. The third-order valence-electron chi connectivity index (χ3n) is 4.26. The summed E-state index contributed by atoms with van der Waals surface area (Å²) in [5, 5.41) is 0.819. The van der Waals surface area contributed by atoms with Gasteiger partial charge in [0.05, 0.1) is 0 Å². The first-order valence-electron chi connectivity index (χ1n) is 6.74. The minimum absolute atomic E-state index is 0.297. The third-order valence-corrected chi connectivity index (χ3v) is 4.51. The van der Waals surface area contributed by atoms with Crippen LogP contribution in [0, 0.1) is 0 Å². The molecule has 98 valence electrons. The van der Waals surface area contributed by atoms with Crippen LogP contribution in [0.2, 0.25) is 5.02 Å². The molecule has 0 spiro atoms. The molecule has 2 atom stereocenters. The van der Waals surface area contributed by atoms with Crippen LogP contribution in [-0.4, -0.2) is 35.6 Å². The number of rotatable bonds is 1. The van der Waals surface area contributed by atoms with Crippen LogP contribution in [0.4, 0.5) is 5.69 Å². The molecule has 0 aromatic heterocycles. The van der Waals surface area contributed by atoms with Gasteiger partial charge in [-0.05, 0) is 51.5 Å². The summed E-state index contributed by atoms with van der Waals surface area (Å²) in [6.07, 6.45) is 1.31. The van der Waals surface area contributed by atoms with E-state index in [2.05, 4.69) is 42.7 Å². The average Bonchev–Trinajstić information content (AvgIpc) is 2.88. The van der Waals surface area contributed by atoms with Crippen molar-refractivity contribution >= 4 is 17.3 Å². The van der Waals surface area contributed by atoms with Crippen LogP contribution >= 0.6 is 11.6 Å². The van der Waals surface area contributed by atoms with Gasteiger partial charge in [-0.25, -0.2) is 0 Å². The number of anilines is 1. The van der Waals surface area contributed by atoms with Crippen LogP contribution in [0.3, 0.4) is 0 Å². The Bertz CT molecular complexity index is 435. The topological polar surface area (TPSA) is 6.48 Å². The molecule has 2 aliphatic heterocycles. The van der Waals surface area contributed by atoms with Gasteiger partial charge in [-0.15, -0.1) is 0 Å². The maximum atomic E-state index is 5.95. The van der Waals surface area contributed by atoms with Gasteiger partial charge in [0.15, 0.2) is 0 Å². The lowest BCUT2D eigenvalue weighted by atomic mass is 10.0. The fourth-order valence-electron chi connectivity index (χ4n) is 3.44. The zero-order valence-electron chi connectivity index (χ0n) is 11.4. The second-order valence-electron chi connectivity index (χ2n) is 6.50. The molecule has 2 nitrogen and oxygen atoms in total. The highest BCUT2D eigenvalue weighted by atomic mass is 35.5. The summed E-state index contributed by atoms with van der Waals surface area (Å²) in [5.41, 5.74) is 1.62. The Balaban J connectivity index is 1.76. The van der Waals surface area contributed by atoms with E-state index in [1.165, 1.54) is 18.7 Å². The minimum atomic E-state index is 0.297. The Hall–Kier alpha value is -0.730. The molecule has 0 radical (unpaired) electrons. The highest BCUT2D eigenvalue weighted by molar-refractivity contribution is 6.30. The van der Waals surface area contributed by atoms with Gasteiger partial charge < -0.3 is 4.90 Å². The van der Waals surface area contributed by atoms with Crippen molar-refractivity contribution < 1.29 is 0 Å². The van der Waals surface area contributed by atoms with Gasteiger partial charge in [-0.1, -0.05) is 11.6 Å². The summed E-state index contributed by atoms with van der Waals surface area (Å²) >= 11 is 5.95. The molecular weight excluding hydrogens is 244 g/mol. The van der Waals surface area contributed by atoms with Crippen molar-refractivity contribution in [2.75, 3.05) is 18.0 Å². The summed E-state index contributed by atoms with van der Waals surface area (Å²) in [5.74, 6) is 0. The summed E-state index contributed by atoms with van der Waals surface area (Å²) in [6, 6.07) is 9.66. The molecular formula is C15H21ClN2. The fourth-order valence-corrected chi connectivity index (χ4v) is 3.56. The number of nitrogens with zero attached hydrogens (tertiary/aromatic N) is 2. The molecule has 0 N–H and O–H groups in total. The highest BCUT2D eigenvalue weighted by Gasteiger charge is 2.46. The van der Waals surface area contributed by atoms with Gasteiger partial charge >= 0.3 is 0 Å². The Morgan fingerprint density at radius 2 is 1.72 bits per heavy atom. The summed E-state index contributed by atoms with van der Waals surface area (Å²) in [6.45, 7) is 9.31. The van der Waals surface area contributed by atoms with E-state index in [0.717, 1.165) is 11.6 Å². The maximum absolute atomic E-state index is 5.95. The molecule has 2 saturated heterocycles. The van der Waals surface area contributed by atoms with Gasteiger partial charge in [0.2, 0.25) is 0 Å². The van der Waals surface area contributed by atoms with Crippen molar-refractivity contribution in [3.05, 3.63) is 29.3 Å². The van der Waals surface area contributed by atoms with Gasteiger partial charge in [0.1, 0.15) is 0 Å². The molecule has 0 saturated carbocycles.